The lowest BCUT2D eigenvalue weighted by atomic mass is 9.72. The van der Waals surface area contributed by atoms with Gasteiger partial charge in [0.15, 0.2) is 11.0 Å². The van der Waals surface area contributed by atoms with Gasteiger partial charge in [0.05, 0.1) is 16.8 Å². The number of rotatable bonds is 6. The molecule has 0 saturated heterocycles. The molecule has 1 aliphatic rings. The summed E-state index contributed by atoms with van der Waals surface area (Å²) in [6, 6.07) is 4.30. The maximum Gasteiger partial charge on any atom is 0.235 e. The molecular formula is C23H32N6OS2. The van der Waals surface area contributed by atoms with Crippen LogP contribution in [0.2, 0.25) is 0 Å². The third-order valence-electron chi connectivity index (χ3n) is 6.12. The molecule has 3 aromatic rings. The first-order valence-electron chi connectivity index (χ1n) is 11.1. The topological polar surface area (TPSA) is 77.6 Å². The first kappa shape index (κ1) is 23.0. The Morgan fingerprint density at radius 3 is 2.84 bits per heavy atom. The lowest BCUT2D eigenvalue weighted by Crippen LogP contribution is -2.26. The zero-order valence-electron chi connectivity index (χ0n) is 19.7. The fraction of sp³-hybridized carbons (Fsp3) is 0.565. The quantitative estimate of drug-likeness (QED) is 0.499. The molecule has 0 saturated carbocycles. The van der Waals surface area contributed by atoms with Gasteiger partial charge < -0.3 is 9.88 Å². The maximum atomic E-state index is 12.5. The van der Waals surface area contributed by atoms with Crippen LogP contribution < -0.4 is 5.32 Å². The summed E-state index contributed by atoms with van der Waals surface area (Å²) in [5.74, 6) is 2.48. The normalized spacial score (nSPS) is 16.4. The number of amides is 1. The van der Waals surface area contributed by atoms with Crippen molar-refractivity contribution in [3.05, 3.63) is 28.8 Å². The summed E-state index contributed by atoms with van der Waals surface area (Å²) < 4.78 is 3.79. The van der Waals surface area contributed by atoms with Gasteiger partial charge in [-0.25, -0.2) is 4.68 Å². The molecule has 0 spiro atoms. The van der Waals surface area contributed by atoms with Crippen molar-refractivity contribution >= 4 is 34.8 Å². The number of carbonyl (C=O) groups is 1. The number of fused-ring (bicyclic) bond motifs is 1. The number of thiophene rings is 1. The third-order valence-corrected chi connectivity index (χ3v) is 8.38. The molecule has 32 heavy (non-hydrogen) atoms. The van der Waals surface area contributed by atoms with Crippen LogP contribution in [0.25, 0.3) is 10.7 Å². The van der Waals surface area contributed by atoms with Gasteiger partial charge in [0, 0.05) is 24.0 Å². The van der Waals surface area contributed by atoms with Gasteiger partial charge in [-0.05, 0) is 56.1 Å². The molecule has 9 heteroatoms. The molecule has 3 heterocycles. The number of hydrogen-bond donors (Lipinski definition) is 1. The minimum atomic E-state index is -0.0817. The summed E-state index contributed by atoms with van der Waals surface area (Å²) >= 11 is 3.24. The highest BCUT2D eigenvalue weighted by molar-refractivity contribution is 7.99. The molecule has 0 fully saturated rings. The van der Waals surface area contributed by atoms with Crippen molar-refractivity contribution in [3.8, 4) is 10.7 Å². The number of hydrogen-bond acceptors (Lipinski definition) is 6. The second-order valence-corrected chi connectivity index (χ2v) is 11.9. The number of nitrogens with zero attached hydrogens (tertiary/aromatic N) is 5. The van der Waals surface area contributed by atoms with Gasteiger partial charge in [0.25, 0.3) is 0 Å². The van der Waals surface area contributed by atoms with E-state index in [9.17, 15) is 4.79 Å². The molecule has 172 valence electrons. The van der Waals surface area contributed by atoms with E-state index in [1.54, 1.807) is 10.9 Å². The van der Waals surface area contributed by atoms with Crippen LogP contribution in [0.1, 0.15) is 57.5 Å². The second kappa shape index (κ2) is 9.02. The fourth-order valence-corrected chi connectivity index (χ4v) is 6.10. The van der Waals surface area contributed by atoms with E-state index in [-0.39, 0.29) is 17.7 Å². The van der Waals surface area contributed by atoms with E-state index in [0.29, 0.717) is 17.2 Å². The summed E-state index contributed by atoms with van der Waals surface area (Å²) in [7, 11) is 1.97. The molecule has 0 bridgehead atoms. The van der Waals surface area contributed by atoms with Gasteiger partial charge in [-0.15, -0.1) is 21.5 Å². The number of nitrogens with one attached hydrogen (secondary N) is 1. The molecule has 0 aliphatic heterocycles. The van der Waals surface area contributed by atoms with E-state index in [4.69, 9.17) is 0 Å². The molecule has 3 aromatic heterocycles. The van der Waals surface area contributed by atoms with Crippen molar-refractivity contribution in [3.63, 3.8) is 0 Å². The predicted molar refractivity (Wildman–Crippen MR) is 131 cm³/mol. The number of aryl methyl sites for hydroxylation is 1. The smallest absolute Gasteiger partial charge is 0.235 e. The minimum absolute atomic E-state index is 0.0817. The maximum absolute atomic E-state index is 12.5. The number of aromatic nitrogens is 5. The van der Waals surface area contributed by atoms with Crippen molar-refractivity contribution in [2.45, 2.75) is 65.1 Å². The van der Waals surface area contributed by atoms with Crippen molar-refractivity contribution in [1.29, 1.82) is 0 Å². The van der Waals surface area contributed by atoms with E-state index in [1.165, 1.54) is 28.6 Å². The molecule has 0 aromatic carbocycles. The van der Waals surface area contributed by atoms with Gasteiger partial charge >= 0.3 is 0 Å². The molecule has 1 aliphatic carbocycles. The van der Waals surface area contributed by atoms with Crippen LogP contribution in [0, 0.1) is 11.3 Å². The monoisotopic (exact) mass is 472 g/mol. The minimum Gasteiger partial charge on any atom is -0.310 e. The van der Waals surface area contributed by atoms with Crippen molar-refractivity contribution in [2.24, 2.45) is 18.4 Å². The van der Waals surface area contributed by atoms with Crippen LogP contribution in [-0.2, 0) is 24.7 Å². The van der Waals surface area contributed by atoms with Crippen LogP contribution in [0.4, 0.5) is 5.82 Å². The SMILES string of the molecule is CC(C)n1nccc1NC(=O)CSc1nnc(-c2cc3c(s2)CCC(C(C)(C)C)C3)n1C. The van der Waals surface area contributed by atoms with Crippen molar-refractivity contribution in [1.82, 2.24) is 24.5 Å². The second-order valence-electron chi connectivity index (χ2n) is 9.82. The Kier molecular flexibility index (Phi) is 6.49. The predicted octanol–water partition coefficient (Wildman–Crippen LogP) is 5.20. The molecular weight excluding hydrogens is 440 g/mol. The van der Waals surface area contributed by atoms with Crippen LogP contribution in [0.15, 0.2) is 23.5 Å². The Bertz CT molecular complexity index is 1100. The largest absolute Gasteiger partial charge is 0.310 e. The highest BCUT2D eigenvalue weighted by Crippen LogP contribution is 2.42. The van der Waals surface area contributed by atoms with E-state index in [2.05, 4.69) is 47.5 Å². The fourth-order valence-electron chi connectivity index (χ4n) is 4.16. The van der Waals surface area contributed by atoms with Crippen molar-refractivity contribution in [2.75, 3.05) is 11.1 Å². The summed E-state index contributed by atoms with van der Waals surface area (Å²) in [5.41, 5.74) is 1.80. The van der Waals surface area contributed by atoms with Gasteiger partial charge in [-0.1, -0.05) is 32.5 Å². The Morgan fingerprint density at radius 2 is 2.12 bits per heavy atom. The lowest BCUT2D eigenvalue weighted by Gasteiger charge is -2.33. The average molecular weight is 473 g/mol. The summed E-state index contributed by atoms with van der Waals surface area (Å²) in [6.07, 6.45) is 5.24. The van der Waals surface area contributed by atoms with Crippen LogP contribution in [-0.4, -0.2) is 36.2 Å². The van der Waals surface area contributed by atoms with E-state index in [0.717, 1.165) is 28.7 Å². The highest BCUT2D eigenvalue weighted by Gasteiger charge is 2.30. The average Bonchev–Trinajstić information content (AvgIpc) is 3.43. The Balaban J connectivity index is 1.42. The zero-order chi connectivity index (χ0) is 23.0. The number of anilines is 1. The molecule has 7 nitrogen and oxygen atoms in total. The number of thioether (sulfide) groups is 1. The molecule has 0 radical (unpaired) electrons. The summed E-state index contributed by atoms with van der Waals surface area (Å²) in [5, 5.41) is 16.7. The lowest BCUT2D eigenvalue weighted by molar-refractivity contribution is -0.113. The Morgan fingerprint density at radius 1 is 1.34 bits per heavy atom. The molecule has 1 unspecified atom stereocenters. The van der Waals surface area contributed by atoms with E-state index >= 15 is 0 Å². The number of carbonyl (C=O) groups excluding carboxylic acids is 1. The Labute approximate surface area is 198 Å². The first-order valence-corrected chi connectivity index (χ1v) is 12.9. The van der Waals surface area contributed by atoms with Gasteiger partial charge in [0.1, 0.15) is 5.82 Å². The third kappa shape index (κ3) is 4.78. The Hall–Kier alpha value is -2.13. The van der Waals surface area contributed by atoms with Crippen LogP contribution in [0.5, 0.6) is 0 Å². The van der Waals surface area contributed by atoms with E-state index in [1.807, 2.05) is 42.9 Å². The zero-order valence-corrected chi connectivity index (χ0v) is 21.3. The molecule has 1 amide bonds. The summed E-state index contributed by atoms with van der Waals surface area (Å²) in [6.45, 7) is 11.1. The molecule has 4 rings (SSSR count). The van der Waals surface area contributed by atoms with Gasteiger partial charge in [-0.2, -0.15) is 5.10 Å². The standard InChI is InChI=1S/C23H32N6OS2/c1-14(2)29-19(9-10-24-29)25-20(30)13-31-22-27-26-21(28(22)6)18-12-15-11-16(23(3,4)5)7-8-17(15)32-18/h9-10,12,14,16H,7-8,11,13H2,1-6H3,(H,25,30). The molecule has 1 N–H and O–H groups in total. The van der Waals surface area contributed by atoms with Gasteiger partial charge in [0.2, 0.25) is 5.91 Å². The van der Waals surface area contributed by atoms with Crippen LogP contribution in [0.3, 0.4) is 0 Å². The first-order chi connectivity index (χ1) is 15.1. The van der Waals surface area contributed by atoms with E-state index < -0.39 is 0 Å². The highest BCUT2D eigenvalue weighted by atomic mass is 32.2. The van der Waals surface area contributed by atoms with Crippen molar-refractivity contribution < 1.29 is 4.79 Å². The van der Waals surface area contributed by atoms with Gasteiger partial charge in [-0.3, -0.25) is 4.79 Å². The molecule has 1 atom stereocenters. The summed E-state index contributed by atoms with van der Waals surface area (Å²) in [4.78, 5) is 15.1. The van der Waals surface area contributed by atoms with Crippen LogP contribution >= 0.6 is 23.1 Å².